The van der Waals surface area contributed by atoms with Crippen molar-refractivity contribution < 1.29 is 37.8 Å². The number of nitrogens with zero attached hydrogens (tertiary/aromatic N) is 3. The Bertz CT molecular complexity index is 1150. The van der Waals surface area contributed by atoms with Crippen molar-refractivity contribution in [3.63, 3.8) is 0 Å². The van der Waals surface area contributed by atoms with E-state index in [1.807, 2.05) is 13.0 Å². The fraction of sp³-hybridized carbons (Fsp3) is 0.667. The van der Waals surface area contributed by atoms with Crippen LogP contribution in [0.25, 0.3) is 0 Å². The molecule has 3 aliphatic heterocycles. The normalized spacial score (nSPS) is 28.8. The van der Waals surface area contributed by atoms with Crippen LogP contribution in [0.5, 0.6) is 0 Å². The first-order valence-electron chi connectivity index (χ1n) is 14.8. The Morgan fingerprint density at radius 3 is 2.44 bits per heavy atom. The lowest BCUT2D eigenvalue weighted by Gasteiger charge is -2.52. The Balaban J connectivity index is 1.42. The van der Waals surface area contributed by atoms with Crippen LogP contribution < -0.4 is 0 Å². The van der Waals surface area contributed by atoms with Crippen LogP contribution >= 0.6 is 0 Å². The van der Waals surface area contributed by atoms with Gasteiger partial charge in [0.05, 0.1) is 38.7 Å². The molecule has 0 radical (unpaired) electrons. The third kappa shape index (κ3) is 5.60. The predicted molar refractivity (Wildman–Crippen MR) is 146 cm³/mol. The molecular formula is C30H41N3O8. The van der Waals surface area contributed by atoms with E-state index in [4.69, 9.17) is 18.6 Å². The second-order valence-electron chi connectivity index (χ2n) is 11.5. The highest BCUT2D eigenvalue weighted by atomic mass is 16.6. The highest BCUT2D eigenvalue weighted by Gasteiger charge is 2.60. The minimum atomic E-state index is -1.24. The second kappa shape index (κ2) is 12.3. The molecule has 1 aromatic rings. The van der Waals surface area contributed by atoms with Crippen LogP contribution in [0.3, 0.4) is 0 Å². The minimum Gasteiger partial charge on any atom is -0.468 e. The van der Waals surface area contributed by atoms with E-state index in [0.29, 0.717) is 43.6 Å². The lowest BCUT2D eigenvalue weighted by atomic mass is 9.66. The van der Waals surface area contributed by atoms with Crippen LogP contribution in [0.2, 0.25) is 0 Å². The number of methoxy groups -OCH3 is 1. The lowest BCUT2D eigenvalue weighted by molar-refractivity contribution is -0.178. The van der Waals surface area contributed by atoms with Crippen molar-refractivity contribution in [1.29, 1.82) is 0 Å². The summed E-state index contributed by atoms with van der Waals surface area (Å²) >= 11 is 0. The second-order valence-corrected chi connectivity index (χ2v) is 11.5. The van der Waals surface area contributed by atoms with E-state index in [1.165, 1.54) is 7.11 Å². The van der Waals surface area contributed by atoms with Gasteiger partial charge in [0.1, 0.15) is 11.2 Å². The third-order valence-corrected chi connectivity index (χ3v) is 9.20. The molecule has 0 unspecified atom stereocenters. The zero-order valence-electron chi connectivity index (χ0n) is 24.2. The smallest absolute Gasteiger partial charge is 0.409 e. The van der Waals surface area contributed by atoms with Crippen LogP contribution in [0, 0.1) is 17.3 Å². The first kappa shape index (κ1) is 29.2. The number of furan rings is 1. The van der Waals surface area contributed by atoms with Gasteiger partial charge in [0, 0.05) is 44.2 Å². The van der Waals surface area contributed by atoms with Gasteiger partial charge in [-0.25, -0.2) is 4.79 Å². The summed E-state index contributed by atoms with van der Waals surface area (Å²) in [5.41, 5.74) is -0.647. The summed E-state index contributed by atoms with van der Waals surface area (Å²) in [6.45, 7) is 5.49. The van der Waals surface area contributed by atoms with E-state index >= 15 is 0 Å². The van der Waals surface area contributed by atoms with Crippen LogP contribution in [-0.2, 0) is 35.1 Å². The molecule has 1 aliphatic carbocycles. The molecule has 0 N–H and O–H groups in total. The quantitative estimate of drug-likeness (QED) is 0.458. The summed E-state index contributed by atoms with van der Waals surface area (Å²) < 4.78 is 22.6. The molecular weight excluding hydrogens is 530 g/mol. The van der Waals surface area contributed by atoms with E-state index in [-0.39, 0.29) is 43.9 Å². The number of rotatable bonds is 7. The average Bonchev–Trinajstić information content (AvgIpc) is 3.70. The Labute approximate surface area is 240 Å². The van der Waals surface area contributed by atoms with E-state index in [1.54, 1.807) is 40.0 Å². The monoisotopic (exact) mass is 571 g/mol. The molecule has 4 aliphatic rings. The summed E-state index contributed by atoms with van der Waals surface area (Å²) in [5.74, 6) is -0.731. The van der Waals surface area contributed by atoms with Gasteiger partial charge in [0.2, 0.25) is 11.8 Å². The van der Waals surface area contributed by atoms with Crippen LogP contribution in [0.15, 0.2) is 34.6 Å². The highest BCUT2D eigenvalue weighted by molar-refractivity contribution is 5.92. The van der Waals surface area contributed by atoms with Crippen molar-refractivity contribution in [3.05, 3.63) is 35.9 Å². The molecule has 224 valence electrons. The predicted octanol–water partition coefficient (Wildman–Crippen LogP) is 3.34. The van der Waals surface area contributed by atoms with Crippen molar-refractivity contribution in [3.8, 4) is 0 Å². The number of likely N-dealkylation sites (tertiary alicyclic amines) is 1. The fourth-order valence-electron chi connectivity index (χ4n) is 6.96. The number of hydrogen-bond donors (Lipinski definition) is 0. The van der Waals surface area contributed by atoms with Crippen molar-refractivity contribution in [2.45, 2.75) is 71.1 Å². The number of piperidine rings is 1. The number of ether oxygens (including phenoxy) is 3. The van der Waals surface area contributed by atoms with Gasteiger partial charge in [-0.2, -0.15) is 0 Å². The molecule has 4 heterocycles. The van der Waals surface area contributed by atoms with Crippen molar-refractivity contribution in [2.75, 3.05) is 39.9 Å². The van der Waals surface area contributed by atoms with Crippen LogP contribution in [-0.4, -0.2) is 90.7 Å². The fourth-order valence-corrected chi connectivity index (χ4v) is 6.96. The maximum Gasteiger partial charge on any atom is 0.409 e. The SMILES string of the molecule is CCOC(=O)N1CCN(C(=O)C[C@H]2C[C@@]3(C(=O)OC)C(=C[C@H](C4CCCC4)O[C@@H]3C)N(Cc3ccco3)C2=O)CC1. The molecule has 1 saturated carbocycles. The molecule has 5 rings (SSSR count). The molecule has 3 fully saturated rings. The summed E-state index contributed by atoms with van der Waals surface area (Å²) in [6, 6.07) is 3.55. The number of hydrogen-bond acceptors (Lipinski definition) is 8. The molecule has 4 atom stereocenters. The number of esters is 1. The Hall–Kier alpha value is -3.34. The highest BCUT2D eigenvalue weighted by Crippen LogP contribution is 2.52. The van der Waals surface area contributed by atoms with Gasteiger partial charge in [-0.3, -0.25) is 14.4 Å². The topological polar surface area (TPSA) is 119 Å². The van der Waals surface area contributed by atoms with E-state index in [9.17, 15) is 19.2 Å². The molecule has 0 spiro atoms. The number of piperazine rings is 1. The maximum atomic E-state index is 14.1. The van der Waals surface area contributed by atoms with Gasteiger partial charge in [0.15, 0.2) is 0 Å². The van der Waals surface area contributed by atoms with Crippen LogP contribution in [0.4, 0.5) is 4.79 Å². The summed E-state index contributed by atoms with van der Waals surface area (Å²) in [6.07, 6.45) is 6.77. The van der Waals surface area contributed by atoms with Gasteiger partial charge in [-0.1, -0.05) is 12.8 Å². The molecule has 0 aromatic carbocycles. The Morgan fingerprint density at radius 2 is 1.80 bits per heavy atom. The Kier molecular flexibility index (Phi) is 8.72. The molecule has 0 bridgehead atoms. The lowest BCUT2D eigenvalue weighted by Crippen LogP contribution is -2.60. The van der Waals surface area contributed by atoms with E-state index in [2.05, 4.69) is 0 Å². The first-order chi connectivity index (χ1) is 19.8. The molecule has 2 saturated heterocycles. The van der Waals surface area contributed by atoms with Gasteiger partial charge >= 0.3 is 12.1 Å². The maximum absolute atomic E-state index is 14.1. The van der Waals surface area contributed by atoms with Gasteiger partial charge in [0.25, 0.3) is 0 Å². The summed E-state index contributed by atoms with van der Waals surface area (Å²) in [4.78, 5) is 58.2. The molecule has 11 heteroatoms. The summed E-state index contributed by atoms with van der Waals surface area (Å²) in [7, 11) is 1.35. The third-order valence-electron chi connectivity index (χ3n) is 9.20. The van der Waals surface area contributed by atoms with Crippen molar-refractivity contribution >= 4 is 23.9 Å². The van der Waals surface area contributed by atoms with Gasteiger partial charge < -0.3 is 33.3 Å². The zero-order valence-corrected chi connectivity index (χ0v) is 24.2. The largest absolute Gasteiger partial charge is 0.468 e. The number of carbonyl (C=O) groups is 4. The molecule has 1 aromatic heterocycles. The summed E-state index contributed by atoms with van der Waals surface area (Å²) in [5, 5.41) is 0. The zero-order chi connectivity index (χ0) is 29.1. The minimum absolute atomic E-state index is 0.0578. The molecule has 11 nitrogen and oxygen atoms in total. The number of fused-ring (bicyclic) bond motifs is 1. The molecule has 41 heavy (non-hydrogen) atoms. The van der Waals surface area contributed by atoms with E-state index in [0.717, 1.165) is 25.7 Å². The standard InChI is InChI=1S/C30H41N3O8/c1-4-39-29(37)32-13-11-31(12-14-32)26(34)16-22-18-30(28(36)38-3)20(2)41-24(21-8-5-6-9-21)17-25(30)33(27(22)35)19-23-10-7-15-40-23/h7,10,15,17,20-22,24H,4-6,8-9,11-14,16,18-19H2,1-3H3/t20-,22+,24-,30+/m1/s1. The average molecular weight is 572 g/mol. The van der Waals surface area contributed by atoms with Gasteiger partial charge in [-0.15, -0.1) is 0 Å². The first-order valence-corrected chi connectivity index (χ1v) is 14.8. The van der Waals surface area contributed by atoms with Crippen molar-refractivity contribution in [1.82, 2.24) is 14.7 Å². The number of amides is 3. The number of carbonyl (C=O) groups excluding carboxylic acids is 4. The van der Waals surface area contributed by atoms with Crippen molar-refractivity contribution in [2.24, 2.45) is 17.3 Å². The van der Waals surface area contributed by atoms with Gasteiger partial charge in [-0.05, 0) is 57.2 Å². The van der Waals surface area contributed by atoms with Crippen LogP contribution in [0.1, 0.15) is 58.1 Å². The van der Waals surface area contributed by atoms with E-state index < -0.39 is 29.5 Å². The Morgan fingerprint density at radius 1 is 1.10 bits per heavy atom. The molecule has 3 amide bonds.